The molecular formula is C15H25BrCl2N2. The highest BCUT2D eigenvalue weighted by Gasteiger charge is 2.24. The summed E-state index contributed by atoms with van der Waals surface area (Å²) in [6.07, 6.45) is 1.22. The second kappa shape index (κ2) is 10.0. The molecule has 20 heavy (non-hydrogen) atoms. The molecule has 0 aliphatic carbocycles. The molecule has 1 atom stereocenters. The van der Waals surface area contributed by atoms with Crippen molar-refractivity contribution in [1.82, 2.24) is 10.2 Å². The number of nitrogens with zero attached hydrogens (tertiary/aromatic N) is 1. The number of piperazine rings is 1. The molecular weight excluding hydrogens is 359 g/mol. The van der Waals surface area contributed by atoms with Gasteiger partial charge >= 0.3 is 0 Å². The van der Waals surface area contributed by atoms with E-state index in [4.69, 9.17) is 0 Å². The number of rotatable bonds is 4. The molecule has 2 nitrogen and oxygen atoms in total. The molecule has 0 aromatic heterocycles. The van der Waals surface area contributed by atoms with Gasteiger partial charge in [0.15, 0.2) is 0 Å². The minimum atomic E-state index is 0. The summed E-state index contributed by atoms with van der Waals surface area (Å²) in [6, 6.07) is 9.21. The Kier molecular flexibility index (Phi) is 10.1. The Balaban J connectivity index is 0.00000180. The molecule has 1 N–H and O–H groups in total. The molecule has 1 aromatic rings. The highest BCUT2D eigenvalue weighted by molar-refractivity contribution is 9.10. The van der Waals surface area contributed by atoms with Crippen LogP contribution < -0.4 is 5.32 Å². The molecule has 1 heterocycles. The highest BCUT2D eigenvalue weighted by atomic mass is 79.9. The second-order valence-electron chi connectivity index (χ2n) is 5.45. The van der Waals surface area contributed by atoms with Gasteiger partial charge in [-0.25, -0.2) is 0 Å². The van der Waals surface area contributed by atoms with Crippen LogP contribution >= 0.6 is 40.7 Å². The summed E-state index contributed by atoms with van der Waals surface area (Å²) < 4.78 is 1.24. The minimum Gasteiger partial charge on any atom is -0.314 e. The molecule has 0 unspecified atom stereocenters. The number of hydrogen-bond donors (Lipinski definition) is 1. The molecule has 0 bridgehead atoms. The monoisotopic (exact) mass is 382 g/mol. The first-order chi connectivity index (χ1) is 8.68. The van der Waals surface area contributed by atoms with E-state index >= 15 is 0 Å². The number of halogens is 3. The maximum Gasteiger partial charge on any atom is 0.0362 e. The Morgan fingerprint density at radius 2 is 1.75 bits per heavy atom. The average Bonchev–Trinajstić information content (AvgIpc) is 2.38. The first-order valence-electron chi connectivity index (χ1n) is 6.87. The summed E-state index contributed by atoms with van der Waals surface area (Å²) in [5.74, 6) is 0.719. The van der Waals surface area contributed by atoms with Gasteiger partial charge in [0, 0.05) is 36.7 Å². The van der Waals surface area contributed by atoms with Crippen LogP contribution in [0.1, 0.15) is 31.9 Å². The maximum absolute atomic E-state index is 3.71. The Bertz CT molecular complexity index is 382. The molecule has 0 saturated carbocycles. The van der Waals surface area contributed by atoms with E-state index in [0.29, 0.717) is 6.04 Å². The Morgan fingerprint density at radius 1 is 1.15 bits per heavy atom. The van der Waals surface area contributed by atoms with E-state index in [0.717, 1.165) is 32.1 Å². The minimum absolute atomic E-state index is 0. The van der Waals surface area contributed by atoms with Gasteiger partial charge in [-0.2, -0.15) is 0 Å². The molecule has 1 aliphatic heterocycles. The van der Waals surface area contributed by atoms with Crippen LogP contribution in [0.5, 0.6) is 0 Å². The van der Waals surface area contributed by atoms with Gasteiger partial charge in [0.05, 0.1) is 0 Å². The molecule has 1 aromatic carbocycles. The Labute approximate surface area is 143 Å². The smallest absolute Gasteiger partial charge is 0.0362 e. The van der Waals surface area contributed by atoms with Gasteiger partial charge in [-0.3, -0.25) is 4.90 Å². The van der Waals surface area contributed by atoms with Crippen molar-refractivity contribution in [2.24, 2.45) is 5.92 Å². The molecule has 2 rings (SSSR count). The summed E-state index contributed by atoms with van der Waals surface area (Å²) in [7, 11) is 0. The standard InChI is InChI=1S/C15H23BrN2.2ClH/c1-12(2)11-15(18-9-7-17-8-10-18)13-5-3-4-6-14(13)16;;/h3-6,12,15,17H,7-11H2,1-2H3;2*1H/t15-;;/m1../s1. The Morgan fingerprint density at radius 3 is 2.30 bits per heavy atom. The van der Waals surface area contributed by atoms with E-state index in [9.17, 15) is 0 Å². The average molecular weight is 384 g/mol. The summed E-state index contributed by atoms with van der Waals surface area (Å²) in [4.78, 5) is 2.62. The van der Waals surface area contributed by atoms with Gasteiger partial charge < -0.3 is 5.32 Å². The van der Waals surface area contributed by atoms with Crippen molar-refractivity contribution in [1.29, 1.82) is 0 Å². The quantitative estimate of drug-likeness (QED) is 0.834. The van der Waals surface area contributed by atoms with Crippen LogP contribution in [0.15, 0.2) is 28.7 Å². The second-order valence-corrected chi connectivity index (χ2v) is 6.31. The van der Waals surface area contributed by atoms with Crippen LogP contribution in [0.3, 0.4) is 0 Å². The number of benzene rings is 1. The van der Waals surface area contributed by atoms with Crippen molar-refractivity contribution in [3.63, 3.8) is 0 Å². The normalized spacial score (nSPS) is 17.2. The summed E-state index contributed by atoms with van der Waals surface area (Å²) in [5, 5.41) is 3.44. The fourth-order valence-electron chi connectivity index (χ4n) is 2.66. The van der Waals surface area contributed by atoms with E-state index in [2.05, 4.69) is 64.3 Å². The van der Waals surface area contributed by atoms with Gasteiger partial charge in [-0.05, 0) is 24.0 Å². The topological polar surface area (TPSA) is 15.3 Å². The van der Waals surface area contributed by atoms with E-state index in [1.165, 1.54) is 16.5 Å². The van der Waals surface area contributed by atoms with Crippen LogP contribution in [-0.2, 0) is 0 Å². The van der Waals surface area contributed by atoms with Crippen molar-refractivity contribution in [2.75, 3.05) is 26.2 Å². The molecule has 5 heteroatoms. The molecule has 0 amide bonds. The summed E-state index contributed by atoms with van der Waals surface area (Å²) in [6.45, 7) is 9.15. The van der Waals surface area contributed by atoms with E-state index in [1.54, 1.807) is 0 Å². The molecule has 0 radical (unpaired) electrons. The van der Waals surface area contributed by atoms with Gasteiger partial charge in [0.1, 0.15) is 0 Å². The van der Waals surface area contributed by atoms with Gasteiger partial charge in [-0.15, -0.1) is 24.8 Å². The van der Waals surface area contributed by atoms with Crippen molar-refractivity contribution in [3.05, 3.63) is 34.3 Å². The number of nitrogens with one attached hydrogen (secondary N) is 1. The molecule has 0 spiro atoms. The lowest BCUT2D eigenvalue weighted by atomic mass is 9.95. The molecule has 1 aliphatic rings. The van der Waals surface area contributed by atoms with E-state index in [1.807, 2.05) is 0 Å². The molecule has 1 fully saturated rings. The van der Waals surface area contributed by atoms with Crippen molar-refractivity contribution in [2.45, 2.75) is 26.3 Å². The third kappa shape index (κ3) is 5.53. The van der Waals surface area contributed by atoms with Crippen molar-refractivity contribution >= 4 is 40.7 Å². The van der Waals surface area contributed by atoms with Crippen molar-refractivity contribution < 1.29 is 0 Å². The predicted molar refractivity (Wildman–Crippen MR) is 95.3 cm³/mol. The maximum atomic E-state index is 3.71. The zero-order valence-corrected chi connectivity index (χ0v) is 15.4. The lowest BCUT2D eigenvalue weighted by molar-refractivity contribution is 0.153. The lowest BCUT2D eigenvalue weighted by Gasteiger charge is -2.36. The highest BCUT2D eigenvalue weighted by Crippen LogP contribution is 2.32. The van der Waals surface area contributed by atoms with Crippen molar-refractivity contribution in [3.8, 4) is 0 Å². The summed E-state index contributed by atoms with van der Waals surface area (Å²) >= 11 is 3.71. The lowest BCUT2D eigenvalue weighted by Crippen LogP contribution is -2.45. The molecule has 116 valence electrons. The van der Waals surface area contributed by atoms with E-state index < -0.39 is 0 Å². The van der Waals surface area contributed by atoms with Gasteiger partial charge in [0.25, 0.3) is 0 Å². The van der Waals surface area contributed by atoms with E-state index in [-0.39, 0.29) is 24.8 Å². The van der Waals surface area contributed by atoms with Crippen LogP contribution in [0.4, 0.5) is 0 Å². The zero-order valence-electron chi connectivity index (χ0n) is 12.1. The summed E-state index contributed by atoms with van der Waals surface area (Å²) in [5.41, 5.74) is 1.44. The fraction of sp³-hybridized carbons (Fsp3) is 0.600. The van der Waals surface area contributed by atoms with Crippen LogP contribution in [-0.4, -0.2) is 31.1 Å². The third-order valence-electron chi connectivity index (χ3n) is 3.55. The van der Waals surface area contributed by atoms with Crippen LogP contribution in [0.25, 0.3) is 0 Å². The SMILES string of the molecule is CC(C)C[C@H](c1ccccc1Br)N1CCNCC1.Cl.Cl. The van der Waals surface area contributed by atoms with Crippen LogP contribution in [0.2, 0.25) is 0 Å². The first kappa shape index (κ1) is 20.2. The molecule has 1 saturated heterocycles. The number of hydrogen-bond acceptors (Lipinski definition) is 2. The van der Waals surface area contributed by atoms with Gasteiger partial charge in [-0.1, -0.05) is 48.0 Å². The fourth-order valence-corrected chi connectivity index (χ4v) is 3.21. The predicted octanol–water partition coefficient (Wildman–Crippen LogP) is 4.29. The Hall–Kier alpha value is 0.200. The first-order valence-corrected chi connectivity index (χ1v) is 7.67. The third-order valence-corrected chi connectivity index (χ3v) is 4.27. The zero-order chi connectivity index (χ0) is 13.0. The van der Waals surface area contributed by atoms with Gasteiger partial charge in [0.2, 0.25) is 0 Å². The van der Waals surface area contributed by atoms with Crippen LogP contribution in [0, 0.1) is 5.92 Å². The largest absolute Gasteiger partial charge is 0.314 e.